The van der Waals surface area contributed by atoms with E-state index in [0.717, 1.165) is 0 Å². The molecule has 0 unspecified atom stereocenters. The Morgan fingerprint density at radius 2 is 2.11 bits per heavy atom. The molecule has 6 nitrogen and oxygen atoms in total. The number of rotatable bonds is 7. The van der Waals surface area contributed by atoms with E-state index in [-0.39, 0.29) is 11.4 Å². The maximum absolute atomic E-state index is 12.0. The lowest BCUT2D eigenvalue weighted by Gasteiger charge is -2.10. The number of ether oxygens (including phenoxy) is 1. The zero-order chi connectivity index (χ0) is 13.6. The van der Waals surface area contributed by atoms with Gasteiger partial charge in [-0.25, -0.2) is 19.0 Å². The van der Waals surface area contributed by atoms with Crippen molar-refractivity contribution in [2.24, 2.45) is 5.90 Å². The van der Waals surface area contributed by atoms with E-state index in [1.807, 2.05) is 0 Å². The summed E-state index contributed by atoms with van der Waals surface area (Å²) in [5.74, 6) is 5.48. The Hall–Kier alpha value is -1.15. The molecule has 0 fully saturated rings. The second-order valence-corrected chi connectivity index (χ2v) is 5.49. The highest BCUT2D eigenvalue weighted by Crippen LogP contribution is 2.20. The van der Waals surface area contributed by atoms with E-state index >= 15 is 0 Å². The third-order valence-corrected chi connectivity index (χ3v) is 4.02. The van der Waals surface area contributed by atoms with Gasteiger partial charge in [-0.3, -0.25) is 0 Å². The molecule has 0 amide bonds. The SMILES string of the molecule is COc1ccc(S(=O)(=O)NCCCON)c(C)c1. The molecule has 0 aliphatic carbocycles. The first-order valence-electron chi connectivity index (χ1n) is 5.47. The summed E-state index contributed by atoms with van der Waals surface area (Å²) in [5.41, 5.74) is 0.636. The minimum atomic E-state index is -3.50. The predicted octanol–water partition coefficient (Wildman–Crippen LogP) is 0.562. The van der Waals surface area contributed by atoms with Gasteiger partial charge in [-0.2, -0.15) is 0 Å². The molecule has 102 valence electrons. The van der Waals surface area contributed by atoms with E-state index < -0.39 is 10.0 Å². The summed E-state index contributed by atoms with van der Waals surface area (Å²) < 4.78 is 31.5. The van der Waals surface area contributed by atoms with Gasteiger partial charge in [-0.15, -0.1) is 0 Å². The van der Waals surface area contributed by atoms with Crippen LogP contribution in [0.3, 0.4) is 0 Å². The maximum Gasteiger partial charge on any atom is 0.240 e. The molecule has 0 heterocycles. The van der Waals surface area contributed by atoms with E-state index in [4.69, 9.17) is 10.6 Å². The molecule has 0 aliphatic heterocycles. The Labute approximate surface area is 107 Å². The minimum Gasteiger partial charge on any atom is -0.497 e. The Kier molecular flexibility index (Phi) is 5.54. The third-order valence-electron chi connectivity index (χ3n) is 2.40. The Morgan fingerprint density at radius 3 is 2.67 bits per heavy atom. The third kappa shape index (κ3) is 3.95. The molecular weight excluding hydrogens is 256 g/mol. The van der Waals surface area contributed by atoms with Gasteiger partial charge in [0.05, 0.1) is 18.6 Å². The van der Waals surface area contributed by atoms with Crippen LogP contribution in [0.25, 0.3) is 0 Å². The van der Waals surface area contributed by atoms with E-state index in [2.05, 4.69) is 9.56 Å². The number of benzene rings is 1. The van der Waals surface area contributed by atoms with Gasteiger partial charge >= 0.3 is 0 Å². The van der Waals surface area contributed by atoms with Crippen LogP contribution in [0.5, 0.6) is 5.75 Å². The monoisotopic (exact) mass is 274 g/mol. The molecule has 0 aliphatic rings. The van der Waals surface area contributed by atoms with Gasteiger partial charge in [0.15, 0.2) is 0 Å². The van der Waals surface area contributed by atoms with Crippen molar-refractivity contribution in [2.45, 2.75) is 18.2 Å². The number of methoxy groups -OCH3 is 1. The van der Waals surface area contributed by atoms with Crippen LogP contribution >= 0.6 is 0 Å². The molecule has 7 heteroatoms. The van der Waals surface area contributed by atoms with Crippen molar-refractivity contribution < 1.29 is 18.0 Å². The number of aryl methyl sites for hydroxylation is 1. The number of nitrogens with one attached hydrogen (secondary N) is 1. The lowest BCUT2D eigenvalue weighted by molar-refractivity contribution is 0.136. The summed E-state index contributed by atoms with van der Waals surface area (Å²) >= 11 is 0. The number of hydrogen-bond acceptors (Lipinski definition) is 5. The Morgan fingerprint density at radius 1 is 1.39 bits per heavy atom. The molecule has 0 aromatic heterocycles. The highest BCUT2D eigenvalue weighted by Gasteiger charge is 2.16. The quantitative estimate of drug-likeness (QED) is 0.560. The molecule has 1 aromatic rings. The average Bonchev–Trinajstić information content (AvgIpc) is 2.34. The summed E-state index contributed by atoms with van der Waals surface area (Å²) in [7, 11) is -1.96. The summed E-state index contributed by atoms with van der Waals surface area (Å²) in [5, 5.41) is 0. The molecule has 0 spiro atoms. The van der Waals surface area contributed by atoms with Gasteiger partial charge in [0.25, 0.3) is 0 Å². The van der Waals surface area contributed by atoms with Crippen LogP contribution in [-0.4, -0.2) is 28.7 Å². The Balaban J connectivity index is 2.78. The summed E-state index contributed by atoms with van der Waals surface area (Å²) in [6.45, 7) is 2.31. The second kappa shape index (κ2) is 6.69. The largest absolute Gasteiger partial charge is 0.497 e. The first kappa shape index (κ1) is 14.9. The highest BCUT2D eigenvalue weighted by molar-refractivity contribution is 7.89. The lowest BCUT2D eigenvalue weighted by atomic mass is 10.2. The van der Waals surface area contributed by atoms with E-state index in [9.17, 15) is 8.42 Å². The average molecular weight is 274 g/mol. The molecule has 0 saturated heterocycles. The van der Waals surface area contributed by atoms with E-state index in [1.165, 1.54) is 13.2 Å². The maximum atomic E-state index is 12.0. The van der Waals surface area contributed by atoms with Crippen LogP contribution in [0.1, 0.15) is 12.0 Å². The van der Waals surface area contributed by atoms with Crippen molar-refractivity contribution in [1.82, 2.24) is 4.72 Å². The Bertz CT molecular complexity index is 488. The fourth-order valence-corrected chi connectivity index (χ4v) is 2.79. The van der Waals surface area contributed by atoms with Crippen molar-refractivity contribution in [3.8, 4) is 5.75 Å². The smallest absolute Gasteiger partial charge is 0.240 e. The van der Waals surface area contributed by atoms with Gasteiger partial charge in [0, 0.05) is 6.54 Å². The first-order chi connectivity index (χ1) is 8.51. The van der Waals surface area contributed by atoms with E-state index in [1.54, 1.807) is 19.1 Å². The van der Waals surface area contributed by atoms with Crippen LogP contribution in [-0.2, 0) is 14.9 Å². The molecule has 0 bridgehead atoms. The fraction of sp³-hybridized carbons (Fsp3) is 0.455. The number of nitrogens with two attached hydrogens (primary N) is 1. The van der Waals surface area contributed by atoms with Crippen LogP contribution < -0.4 is 15.4 Å². The predicted molar refractivity (Wildman–Crippen MR) is 67.7 cm³/mol. The van der Waals surface area contributed by atoms with Crippen LogP contribution in [0.15, 0.2) is 23.1 Å². The normalized spacial score (nSPS) is 11.5. The van der Waals surface area contributed by atoms with Crippen molar-refractivity contribution in [2.75, 3.05) is 20.3 Å². The van der Waals surface area contributed by atoms with Crippen LogP contribution in [0, 0.1) is 6.92 Å². The number of hydrogen-bond donors (Lipinski definition) is 2. The van der Waals surface area contributed by atoms with Crippen molar-refractivity contribution >= 4 is 10.0 Å². The summed E-state index contributed by atoms with van der Waals surface area (Å²) in [4.78, 5) is 4.61. The summed E-state index contributed by atoms with van der Waals surface area (Å²) in [6, 6.07) is 4.82. The second-order valence-electron chi connectivity index (χ2n) is 3.75. The van der Waals surface area contributed by atoms with Gasteiger partial charge < -0.3 is 9.57 Å². The van der Waals surface area contributed by atoms with Gasteiger partial charge in [0.1, 0.15) is 5.75 Å². The van der Waals surface area contributed by atoms with Crippen LogP contribution in [0.2, 0.25) is 0 Å². The first-order valence-corrected chi connectivity index (χ1v) is 6.95. The van der Waals surface area contributed by atoms with Crippen molar-refractivity contribution in [1.29, 1.82) is 0 Å². The summed E-state index contributed by atoms with van der Waals surface area (Å²) in [6.07, 6.45) is 0.519. The van der Waals surface area contributed by atoms with Gasteiger partial charge in [-0.1, -0.05) is 0 Å². The zero-order valence-electron chi connectivity index (χ0n) is 10.5. The zero-order valence-corrected chi connectivity index (χ0v) is 11.3. The molecule has 1 aromatic carbocycles. The molecule has 0 radical (unpaired) electrons. The molecule has 18 heavy (non-hydrogen) atoms. The molecule has 0 atom stereocenters. The standard InChI is InChI=1S/C11H18N2O4S/c1-9-8-10(16-2)4-5-11(9)18(14,15)13-6-3-7-17-12/h4-5,8,13H,3,6-7,12H2,1-2H3. The number of sulfonamides is 1. The molecule has 3 N–H and O–H groups in total. The topological polar surface area (TPSA) is 90.7 Å². The van der Waals surface area contributed by atoms with Gasteiger partial charge in [0.2, 0.25) is 10.0 Å². The minimum absolute atomic E-state index is 0.247. The highest BCUT2D eigenvalue weighted by atomic mass is 32.2. The molecule has 1 rings (SSSR count). The molecular formula is C11H18N2O4S. The molecule has 0 saturated carbocycles. The van der Waals surface area contributed by atoms with Gasteiger partial charge in [-0.05, 0) is 37.1 Å². The van der Waals surface area contributed by atoms with Crippen LogP contribution in [0.4, 0.5) is 0 Å². The van der Waals surface area contributed by atoms with Crippen molar-refractivity contribution in [3.05, 3.63) is 23.8 Å². The van der Waals surface area contributed by atoms with Crippen molar-refractivity contribution in [3.63, 3.8) is 0 Å². The van der Waals surface area contributed by atoms with E-state index in [0.29, 0.717) is 24.3 Å². The fourth-order valence-electron chi connectivity index (χ4n) is 1.49. The lowest BCUT2D eigenvalue weighted by Crippen LogP contribution is -2.26.